The number of hydrogen-bond acceptors (Lipinski definition) is 9. The van der Waals surface area contributed by atoms with E-state index in [1.807, 2.05) is 28.4 Å². The van der Waals surface area contributed by atoms with E-state index in [0.29, 0.717) is 16.3 Å². The van der Waals surface area contributed by atoms with Gasteiger partial charge in [-0.05, 0) is 49.9 Å². The molecule has 0 unspecified atom stereocenters. The predicted molar refractivity (Wildman–Crippen MR) is 165 cm³/mol. The van der Waals surface area contributed by atoms with Crippen LogP contribution in [0.15, 0.2) is 24.3 Å². The fraction of sp³-hybridized carbons (Fsp3) is 0.538. The molecule has 0 bridgehead atoms. The first kappa shape index (κ1) is 34.4. The number of nitrogens with one attached hydrogen (secondary N) is 1. The highest BCUT2D eigenvalue weighted by Crippen LogP contribution is 2.34. The van der Waals surface area contributed by atoms with Crippen molar-refractivity contribution in [1.29, 1.82) is 0 Å². The van der Waals surface area contributed by atoms with Gasteiger partial charge in [0.2, 0.25) is 5.82 Å². The van der Waals surface area contributed by atoms with Crippen molar-refractivity contribution in [2.24, 2.45) is 0 Å². The van der Waals surface area contributed by atoms with Gasteiger partial charge in [0.25, 0.3) is 5.69 Å². The molecule has 0 aliphatic carbocycles. The third-order valence-electron chi connectivity index (χ3n) is 5.90. The molecule has 5 rings (SSSR count). The molecule has 0 atom stereocenters. The van der Waals surface area contributed by atoms with Gasteiger partial charge in [0.1, 0.15) is 5.69 Å². The molecule has 3 aliphatic heterocycles. The summed E-state index contributed by atoms with van der Waals surface area (Å²) in [4.78, 5) is 22.2. The number of hydrogen-bond donors (Lipinski definition) is 1. The number of thioether (sulfide) groups is 2. The SMILES string of the molecule is C1CCOC1.C1CSCCN1.Cc1cc([N+](=O)[O-])c(F)cc1Cl.Cc1cc([N+](=O)[O-])c(N2CCSCC2)cc1Cl. The van der Waals surface area contributed by atoms with Gasteiger partial charge in [0.05, 0.1) is 9.85 Å². The molecular formula is C26H35Cl2FN4O5S2. The molecule has 0 saturated carbocycles. The van der Waals surface area contributed by atoms with Gasteiger partial charge in [-0.2, -0.15) is 27.9 Å². The lowest BCUT2D eigenvalue weighted by Gasteiger charge is -2.28. The van der Waals surface area contributed by atoms with E-state index in [0.717, 1.165) is 55.5 Å². The van der Waals surface area contributed by atoms with Crippen molar-refractivity contribution in [2.75, 3.05) is 67.3 Å². The van der Waals surface area contributed by atoms with Gasteiger partial charge in [-0.15, -0.1) is 0 Å². The van der Waals surface area contributed by atoms with Gasteiger partial charge in [0, 0.05) is 84.6 Å². The fourth-order valence-electron chi connectivity index (χ4n) is 3.67. The molecule has 0 radical (unpaired) electrons. The molecule has 3 fully saturated rings. The summed E-state index contributed by atoms with van der Waals surface area (Å²) in [5.74, 6) is 3.71. The second-order valence-electron chi connectivity index (χ2n) is 8.94. The molecule has 2 aromatic rings. The van der Waals surface area contributed by atoms with Crippen LogP contribution in [0.3, 0.4) is 0 Å². The molecule has 40 heavy (non-hydrogen) atoms. The van der Waals surface area contributed by atoms with Crippen molar-refractivity contribution < 1.29 is 19.0 Å². The molecule has 14 heteroatoms. The van der Waals surface area contributed by atoms with Crippen LogP contribution in [0.1, 0.15) is 24.0 Å². The van der Waals surface area contributed by atoms with Crippen LogP contribution in [0.25, 0.3) is 0 Å². The maximum Gasteiger partial charge on any atom is 0.305 e. The highest BCUT2D eigenvalue weighted by Gasteiger charge is 2.22. The third kappa shape index (κ3) is 12.0. The molecule has 222 valence electrons. The van der Waals surface area contributed by atoms with E-state index in [1.165, 1.54) is 37.4 Å². The van der Waals surface area contributed by atoms with Crippen LogP contribution >= 0.6 is 46.7 Å². The monoisotopic (exact) mass is 636 g/mol. The van der Waals surface area contributed by atoms with E-state index < -0.39 is 16.4 Å². The van der Waals surface area contributed by atoms with E-state index in [4.69, 9.17) is 27.9 Å². The van der Waals surface area contributed by atoms with Gasteiger partial charge in [-0.3, -0.25) is 20.2 Å². The summed E-state index contributed by atoms with van der Waals surface area (Å²) >= 11 is 15.5. The number of ether oxygens (including phenoxy) is 1. The van der Waals surface area contributed by atoms with Gasteiger partial charge in [-0.25, -0.2) is 0 Å². The molecule has 3 saturated heterocycles. The van der Waals surface area contributed by atoms with Gasteiger partial charge < -0.3 is 15.0 Å². The first-order chi connectivity index (χ1) is 19.1. The highest BCUT2D eigenvalue weighted by atomic mass is 35.5. The summed E-state index contributed by atoms with van der Waals surface area (Å²) in [6, 6.07) is 5.32. The molecule has 2 aromatic carbocycles. The van der Waals surface area contributed by atoms with Crippen LogP contribution in [0.5, 0.6) is 0 Å². The Morgan fingerprint density at radius 3 is 1.77 bits per heavy atom. The second kappa shape index (κ2) is 18.6. The Labute approximate surface area is 252 Å². The molecule has 0 spiro atoms. The van der Waals surface area contributed by atoms with Crippen molar-refractivity contribution in [3.8, 4) is 0 Å². The van der Waals surface area contributed by atoms with Gasteiger partial charge in [0.15, 0.2) is 0 Å². The molecule has 9 nitrogen and oxygen atoms in total. The maximum atomic E-state index is 12.8. The van der Waals surface area contributed by atoms with Crippen molar-refractivity contribution in [3.63, 3.8) is 0 Å². The van der Waals surface area contributed by atoms with Crippen LogP contribution in [0.2, 0.25) is 10.0 Å². The minimum absolute atomic E-state index is 0.152. The summed E-state index contributed by atoms with van der Waals surface area (Å²) < 4.78 is 17.7. The van der Waals surface area contributed by atoms with Crippen molar-refractivity contribution in [1.82, 2.24) is 5.32 Å². The van der Waals surface area contributed by atoms with Crippen LogP contribution in [-0.2, 0) is 4.74 Å². The summed E-state index contributed by atoms with van der Waals surface area (Å²) in [6.45, 7) is 9.46. The molecule has 0 aromatic heterocycles. The number of halogens is 3. The van der Waals surface area contributed by atoms with Gasteiger partial charge >= 0.3 is 5.69 Å². The average Bonchev–Trinajstić information content (AvgIpc) is 3.54. The third-order valence-corrected chi connectivity index (χ3v) is 8.65. The number of nitro benzene ring substituents is 2. The summed E-state index contributed by atoms with van der Waals surface area (Å²) in [5, 5.41) is 25.3. The Hall–Kier alpha value is -1.83. The lowest BCUT2D eigenvalue weighted by molar-refractivity contribution is -0.387. The number of aryl methyl sites for hydroxylation is 2. The minimum atomic E-state index is -0.907. The van der Waals surface area contributed by atoms with Crippen molar-refractivity contribution >= 4 is 63.8 Å². The smallest absolute Gasteiger partial charge is 0.305 e. The van der Waals surface area contributed by atoms with Gasteiger partial charge in [-0.1, -0.05) is 23.2 Å². The quantitative estimate of drug-likeness (QED) is 0.283. The molecule has 0 amide bonds. The van der Waals surface area contributed by atoms with Crippen LogP contribution < -0.4 is 10.2 Å². The Morgan fingerprint density at radius 2 is 1.35 bits per heavy atom. The number of nitro groups is 2. The Kier molecular flexibility index (Phi) is 16.0. The van der Waals surface area contributed by atoms with E-state index in [-0.39, 0.29) is 15.6 Å². The van der Waals surface area contributed by atoms with Crippen LogP contribution in [0, 0.1) is 39.9 Å². The molecule has 3 heterocycles. The lowest BCUT2D eigenvalue weighted by atomic mass is 10.1. The largest absolute Gasteiger partial charge is 0.381 e. The van der Waals surface area contributed by atoms with E-state index in [2.05, 4.69) is 5.32 Å². The first-order valence-corrected chi connectivity index (χ1v) is 15.9. The Balaban J connectivity index is 0.000000209. The fourth-order valence-corrected chi connectivity index (χ4v) is 5.66. The topological polar surface area (TPSA) is 111 Å². The molecule has 3 aliphatic rings. The van der Waals surface area contributed by atoms with E-state index in [1.54, 1.807) is 26.0 Å². The number of benzene rings is 2. The summed E-state index contributed by atoms with van der Waals surface area (Å²) in [5.41, 5.74) is 1.49. The highest BCUT2D eigenvalue weighted by molar-refractivity contribution is 7.99. The van der Waals surface area contributed by atoms with Crippen molar-refractivity contribution in [2.45, 2.75) is 26.7 Å². The van der Waals surface area contributed by atoms with E-state index >= 15 is 0 Å². The molecular weight excluding hydrogens is 602 g/mol. The minimum Gasteiger partial charge on any atom is -0.381 e. The zero-order valence-corrected chi connectivity index (χ0v) is 25.8. The predicted octanol–water partition coefficient (Wildman–Crippen LogP) is 6.93. The Bertz CT molecular complexity index is 1100. The zero-order valence-electron chi connectivity index (χ0n) is 22.6. The zero-order chi connectivity index (χ0) is 29.5. The maximum absolute atomic E-state index is 12.8. The Morgan fingerprint density at radius 1 is 0.850 bits per heavy atom. The number of anilines is 1. The first-order valence-electron chi connectivity index (χ1n) is 12.8. The normalized spacial score (nSPS) is 16.4. The molecule has 1 N–H and O–H groups in total. The number of rotatable bonds is 3. The summed E-state index contributed by atoms with van der Waals surface area (Å²) in [7, 11) is 0. The van der Waals surface area contributed by atoms with Crippen LogP contribution in [0.4, 0.5) is 21.5 Å². The lowest BCUT2D eigenvalue weighted by Crippen LogP contribution is -2.32. The summed E-state index contributed by atoms with van der Waals surface area (Å²) in [6.07, 6.45) is 2.56. The van der Waals surface area contributed by atoms with E-state index in [9.17, 15) is 24.6 Å². The van der Waals surface area contributed by atoms with Crippen molar-refractivity contribution in [3.05, 3.63) is 71.5 Å². The standard InChI is InChI=1S/C11H13ClN2O2S.C7H5ClFNO2.C4H9NS.C4H8O/c1-8-6-11(14(15)16)10(7-9(8)12)13-2-4-17-5-3-13;1-4-2-7(10(11)12)6(9)3-5(4)8;1-3-6-4-2-5-1;1-2-4-5-3-1/h6-7H,2-5H2,1H3;2-3H,1H3;5H,1-4H2;1-4H2. The van der Waals surface area contributed by atoms with Crippen LogP contribution in [-0.4, -0.2) is 72.3 Å². The second-order valence-corrected chi connectivity index (χ2v) is 12.2. The average molecular weight is 638 g/mol. The number of nitrogens with zero attached hydrogens (tertiary/aromatic N) is 3.